The highest BCUT2D eigenvalue weighted by molar-refractivity contribution is 7.88. The van der Waals surface area contributed by atoms with Gasteiger partial charge in [0.2, 0.25) is 15.9 Å². The van der Waals surface area contributed by atoms with E-state index in [0.29, 0.717) is 18.7 Å². The zero-order chi connectivity index (χ0) is 20.1. The third-order valence-electron chi connectivity index (χ3n) is 4.76. The minimum absolute atomic E-state index is 0.00988. The summed E-state index contributed by atoms with van der Waals surface area (Å²) in [6, 6.07) is 14.8. The Labute approximate surface area is 165 Å². The number of carbonyl (C=O) groups is 1. The Kier molecular flexibility index (Phi) is 6.31. The molecule has 1 amide bonds. The predicted octanol–water partition coefficient (Wildman–Crippen LogP) is 2.15. The van der Waals surface area contributed by atoms with Gasteiger partial charge in [-0.2, -0.15) is 0 Å². The summed E-state index contributed by atoms with van der Waals surface area (Å²) in [5, 5.41) is 0. The summed E-state index contributed by atoms with van der Waals surface area (Å²) in [5.74, 6) is -0.539. The number of hydrogen-bond acceptors (Lipinski definition) is 4. The number of sulfonamides is 1. The summed E-state index contributed by atoms with van der Waals surface area (Å²) in [7, 11) is -3.53. The van der Waals surface area contributed by atoms with E-state index in [-0.39, 0.29) is 12.3 Å². The number of halogens is 1. The van der Waals surface area contributed by atoms with Gasteiger partial charge in [0.1, 0.15) is 5.82 Å². The van der Waals surface area contributed by atoms with Crippen molar-refractivity contribution >= 4 is 21.6 Å². The molecule has 0 spiro atoms. The molecule has 2 aromatic rings. The second-order valence-electron chi connectivity index (χ2n) is 6.90. The third-order valence-corrected chi connectivity index (χ3v) is 5.47. The largest absolute Gasteiger partial charge is 0.368 e. The molecule has 0 aliphatic carbocycles. The van der Waals surface area contributed by atoms with Crippen LogP contribution in [0.4, 0.5) is 10.1 Å². The Morgan fingerprint density at radius 2 is 1.64 bits per heavy atom. The maximum Gasteiger partial charge on any atom is 0.224 e. The van der Waals surface area contributed by atoms with Gasteiger partial charge in [0.05, 0.1) is 12.3 Å². The van der Waals surface area contributed by atoms with Gasteiger partial charge in [0, 0.05) is 38.3 Å². The lowest BCUT2D eigenvalue weighted by Crippen LogP contribution is -2.49. The average Bonchev–Trinajstić information content (AvgIpc) is 2.68. The van der Waals surface area contributed by atoms with Crippen LogP contribution >= 0.6 is 0 Å². The van der Waals surface area contributed by atoms with E-state index in [2.05, 4.69) is 9.62 Å². The first-order chi connectivity index (χ1) is 13.3. The van der Waals surface area contributed by atoms with Gasteiger partial charge in [0.25, 0.3) is 0 Å². The summed E-state index contributed by atoms with van der Waals surface area (Å²) < 4.78 is 39.1. The third kappa shape index (κ3) is 5.53. The first kappa shape index (κ1) is 20.3. The monoisotopic (exact) mass is 405 g/mol. The van der Waals surface area contributed by atoms with Crippen LogP contribution in [0.2, 0.25) is 0 Å². The number of para-hydroxylation sites is 1. The first-order valence-electron chi connectivity index (χ1n) is 9.12. The molecule has 1 saturated heterocycles. The number of rotatable bonds is 6. The quantitative estimate of drug-likeness (QED) is 0.800. The number of nitrogens with one attached hydrogen (secondary N) is 1. The molecule has 0 saturated carbocycles. The summed E-state index contributed by atoms with van der Waals surface area (Å²) >= 11 is 0. The Morgan fingerprint density at radius 1 is 1.04 bits per heavy atom. The van der Waals surface area contributed by atoms with Crippen LogP contribution < -0.4 is 9.62 Å². The lowest BCUT2D eigenvalue weighted by atomic mass is 10.0. The maximum atomic E-state index is 13.2. The highest BCUT2D eigenvalue weighted by atomic mass is 32.2. The lowest BCUT2D eigenvalue weighted by molar-refractivity contribution is -0.132. The van der Waals surface area contributed by atoms with Crippen LogP contribution in [-0.2, 0) is 14.8 Å². The fourth-order valence-corrected chi connectivity index (χ4v) is 4.07. The second kappa shape index (κ2) is 8.70. The van der Waals surface area contributed by atoms with Gasteiger partial charge in [-0.15, -0.1) is 0 Å². The molecular weight excluding hydrogens is 381 g/mol. The molecule has 3 rings (SSSR count). The normalized spacial score (nSPS) is 16.1. The molecule has 1 atom stereocenters. The van der Waals surface area contributed by atoms with Crippen LogP contribution in [0.3, 0.4) is 0 Å². The van der Waals surface area contributed by atoms with E-state index >= 15 is 0 Å². The summed E-state index contributed by atoms with van der Waals surface area (Å²) in [6.45, 7) is 2.58. The summed E-state index contributed by atoms with van der Waals surface area (Å²) in [6.07, 6.45) is 1.04. The molecule has 1 aliphatic rings. The Bertz CT molecular complexity index is 896. The van der Waals surface area contributed by atoms with Crippen molar-refractivity contribution in [1.29, 1.82) is 0 Å². The molecule has 1 N–H and O–H groups in total. The van der Waals surface area contributed by atoms with Crippen LogP contribution in [0.5, 0.6) is 0 Å². The first-order valence-corrected chi connectivity index (χ1v) is 11.0. The van der Waals surface area contributed by atoms with Crippen molar-refractivity contribution in [1.82, 2.24) is 9.62 Å². The van der Waals surface area contributed by atoms with Gasteiger partial charge in [-0.1, -0.05) is 30.3 Å². The number of carbonyl (C=O) groups excluding carboxylic acids is 1. The standard InChI is InChI=1S/C20H24FN3O3S/c1-28(26,27)22-19(16-7-9-17(21)10-8-16)15-20(25)24-13-11-23(12-14-24)18-5-3-2-4-6-18/h2-10,19,22H,11-15H2,1H3. The molecule has 1 heterocycles. The molecule has 6 nitrogen and oxygen atoms in total. The van der Waals surface area contributed by atoms with E-state index in [0.717, 1.165) is 25.0 Å². The van der Waals surface area contributed by atoms with Crippen molar-refractivity contribution in [2.75, 3.05) is 37.3 Å². The molecule has 0 radical (unpaired) electrons. The van der Waals surface area contributed by atoms with E-state index in [1.807, 2.05) is 30.3 Å². The molecular formula is C20H24FN3O3S. The molecule has 1 aliphatic heterocycles. The van der Waals surface area contributed by atoms with Crippen LogP contribution in [0.1, 0.15) is 18.0 Å². The predicted molar refractivity (Wildman–Crippen MR) is 107 cm³/mol. The minimum atomic E-state index is -3.53. The number of nitrogens with zero attached hydrogens (tertiary/aromatic N) is 2. The molecule has 28 heavy (non-hydrogen) atoms. The van der Waals surface area contributed by atoms with Gasteiger partial charge in [0.15, 0.2) is 0 Å². The maximum absolute atomic E-state index is 13.2. The Balaban J connectivity index is 1.64. The fourth-order valence-electron chi connectivity index (χ4n) is 3.34. The second-order valence-corrected chi connectivity index (χ2v) is 8.68. The average molecular weight is 405 g/mol. The fraction of sp³-hybridized carbons (Fsp3) is 0.350. The highest BCUT2D eigenvalue weighted by Gasteiger charge is 2.26. The summed E-state index contributed by atoms with van der Waals surface area (Å²) in [4.78, 5) is 16.7. The van der Waals surface area contributed by atoms with Gasteiger partial charge >= 0.3 is 0 Å². The summed E-state index contributed by atoms with van der Waals surface area (Å²) in [5.41, 5.74) is 1.68. The van der Waals surface area contributed by atoms with Crippen molar-refractivity contribution < 1.29 is 17.6 Å². The Morgan fingerprint density at radius 3 is 2.21 bits per heavy atom. The topological polar surface area (TPSA) is 69.7 Å². The Hall–Kier alpha value is -2.45. The van der Waals surface area contributed by atoms with Crippen LogP contribution in [0.25, 0.3) is 0 Å². The minimum Gasteiger partial charge on any atom is -0.368 e. The van der Waals surface area contributed by atoms with E-state index in [1.54, 1.807) is 4.90 Å². The van der Waals surface area contributed by atoms with E-state index in [4.69, 9.17) is 0 Å². The van der Waals surface area contributed by atoms with E-state index in [1.165, 1.54) is 24.3 Å². The van der Waals surface area contributed by atoms with Crippen LogP contribution in [-0.4, -0.2) is 51.7 Å². The SMILES string of the molecule is CS(=O)(=O)NC(CC(=O)N1CCN(c2ccccc2)CC1)c1ccc(F)cc1. The van der Waals surface area contributed by atoms with E-state index in [9.17, 15) is 17.6 Å². The zero-order valence-corrected chi connectivity index (χ0v) is 16.5. The number of hydrogen-bond donors (Lipinski definition) is 1. The van der Waals surface area contributed by atoms with Crippen molar-refractivity contribution in [3.63, 3.8) is 0 Å². The zero-order valence-electron chi connectivity index (χ0n) is 15.7. The smallest absolute Gasteiger partial charge is 0.224 e. The molecule has 1 fully saturated rings. The van der Waals surface area contributed by atoms with Gasteiger partial charge in [-0.05, 0) is 29.8 Å². The number of piperazine rings is 1. The molecule has 8 heteroatoms. The van der Waals surface area contributed by atoms with Crippen molar-refractivity contribution in [3.05, 3.63) is 66.0 Å². The van der Waals surface area contributed by atoms with Gasteiger partial charge < -0.3 is 9.80 Å². The number of anilines is 1. The molecule has 0 bridgehead atoms. The van der Waals surface area contributed by atoms with Crippen molar-refractivity contribution in [3.8, 4) is 0 Å². The highest BCUT2D eigenvalue weighted by Crippen LogP contribution is 2.21. The number of amides is 1. The van der Waals surface area contributed by atoms with E-state index < -0.39 is 21.9 Å². The molecule has 0 aromatic heterocycles. The van der Waals surface area contributed by atoms with Gasteiger partial charge in [-0.25, -0.2) is 17.5 Å². The van der Waals surface area contributed by atoms with Crippen LogP contribution in [0, 0.1) is 5.82 Å². The molecule has 150 valence electrons. The van der Waals surface area contributed by atoms with Gasteiger partial charge in [-0.3, -0.25) is 4.79 Å². The van der Waals surface area contributed by atoms with Crippen molar-refractivity contribution in [2.24, 2.45) is 0 Å². The lowest BCUT2D eigenvalue weighted by Gasteiger charge is -2.36. The number of benzene rings is 2. The van der Waals surface area contributed by atoms with Crippen molar-refractivity contribution in [2.45, 2.75) is 12.5 Å². The molecule has 1 unspecified atom stereocenters. The van der Waals surface area contributed by atoms with Crippen LogP contribution in [0.15, 0.2) is 54.6 Å². The molecule has 2 aromatic carbocycles.